The second-order valence-electron chi connectivity index (χ2n) is 10.5. The van der Waals surface area contributed by atoms with Crippen molar-refractivity contribution in [3.8, 4) is 0 Å². The maximum absolute atomic E-state index is 13.5. The van der Waals surface area contributed by atoms with Gasteiger partial charge in [0.05, 0.1) is 5.52 Å². The normalized spacial score (nSPS) is 23.5. The number of carbonyl (C=O) groups is 3. The van der Waals surface area contributed by atoms with Crippen molar-refractivity contribution in [3.63, 3.8) is 0 Å². The number of amides is 3. The minimum atomic E-state index is -0.143. The number of nitrogens with zero attached hydrogens (tertiary/aromatic N) is 2. The predicted molar refractivity (Wildman–Crippen MR) is 138 cm³/mol. The van der Waals surface area contributed by atoms with Crippen LogP contribution < -0.4 is 10.6 Å². The zero-order valence-corrected chi connectivity index (χ0v) is 20.5. The number of para-hydroxylation sites is 1. The van der Waals surface area contributed by atoms with Crippen molar-refractivity contribution in [1.82, 2.24) is 15.1 Å². The van der Waals surface area contributed by atoms with Crippen molar-refractivity contribution >= 4 is 40.0 Å². The summed E-state index contributed by atoms with van der Waals surface area (Å²) in [7, 11) is 0. The lowest BCUT2D eigenvalue weighted by atomic mass is 9.73. The fourth-order valence-electron chi connectivity index (χ4n) is 6.34. The van der Waals surface area contributed by atoms with Crippen molar-refractivity contribution in [3.05, 3.63) is 53.2 Å². The first-order chi connectivity index (χ1) is 17.5. The van der Waals surface area contributed by atoms with Gasteiger partial charge in [0.15, 0.2) is 0 Å². The van der Waals surface area contributed by atoms with Gasteiger partial charge in [-0.05, 0) is 67.7 Å². The van der Waals surface area contributed by atoms with Gasteiger partial charge < -0.3 is 15.5 Å². The van der Waals surface area contributed by atoms with Gasteiger partial charge in [-0.2, -0.15) is 5.10 Å². The van der Waals surface area contributed by atoms with E-state index in [0.29, 0.717) is 36.8 Å². The molecule has 3 aliphatic rings. The molecule has 0 bridgehead atoms. The first-order valence-corrected chi connectivity index (χ1v) is 12.9. The lowest BCUT2D eigenvalue weighted by Gasteiger charge is -2.31. The molecule has 8 nitrogen and oxygen atoms in total. The molecule has 3 heterocycles. The molecule has 1 aliphatic carbocycles. The van der Waals surface area contributed by atoms with Crippen LogP contribution in [-0.4, -0.2) is 45.9 Å². The summed E-state index contributed by atoms with van der Waals surface area (Å²) in [6.07, 6.45) is 5.04. The van der Waals surface area contributed by atoms with Gasteiger partial charge in [-0.15, -0.1) is 0 Å². The molecule has 0 spiro atoms. The highest BCUT2D eigenvalue weighted by Gasteiger charge is 2.45. The van der Waals surface area contributed by atoms with Gasteiger partial charge in [-0.1, -0.05) is 30.7 Å². The average Bonchev–Trinajstić information content (AvgIpc) is 3.45. The fourth-order valence-corrected chi connectivity index (χ4v) is 6.34. The van der Waals surface area contributed by atoms with Gasteiger partial charge in [-0.25, -0.2) is 0 Å². The number of likely N-dealkylation sites (tertiary alicyclic amines) is 1. The largest absolute Gasteiger partial charge is 0.337 e. The van der Waals surface area contributed by atoms with Crippen molar-refractivity contribution in [1.29, 1.82) is 0 Å². The smallest absolute Gasteiger partial charge is 0.272 e. The lowest BCUT2D eigenvalue weighted by Crippen LogP contribution is -2.36. The Morgan fingerprint density at radius 1 is 1.08 bits per heavy atom. The SMILES string of the molecule is Cc1cccc2c(C(=O)N3C[C@H]4CCC[C@@H](C(=O)Nc5ccc6c(c5)NC(=O)CCC6)[C@H]4C3)[nH]nc12. The molecule has 6 rings (SSSR count). The Morgan fingerprint density at radius 2 is 1.97 bits per heavy atom. The number of hydrogen-bond acceptors (Lipinski definition) is 4. The molecular weight excluding hydrogens is 454 g/mol. The minimum Gasteiger partial charge on any atom is -0.337 e. The summed E-state index contributed by atoms with van der Waals surface area (Å²) >= 11 is 0. The molecule has 3 N–H and O–H groups in total. The number of fused-ring (bicyclic) bond motifs is 3. The van der Waals surface area contributed by atoms with E-state index < -0.39 is 0 Å². The zero-order valence-electron chi connectivity index (χ0n) is 20.5. The first-order valence-electron chi connectivity index (χ1n) is 12.9. The molecule has 36 heavy (non-hydrogen) atoms. The molecule has 2 fully saturated rings. The number of rotatable bonds is 3. The van der Waals surface area contributed by atoms with Crippen molar-refractivity contribution in [2.24, 2.45) is 17.8 Å². The average molecular weight is 486 g/mol. The van der Waals surface area contributed by atoms with E-state index >= 15 is 0 Å². The quantitative estimate of drug-likeness (QED) is 0.515. The van der Waals surface area contributed by atoms with Gasteiger partial charge in [0, 0.05) is 42.2 Å². The molecule has 186 valence electrons. The van der Waals surface area contributed by atoms with E-state index in [4.69, 9.17) is 0 Å². The Bertz CT molecular complexity index is 1360. The number of aryl methyl sites for hydroxylation is 2. The number of aromatic nitrogens is 2. The van der Waals surface area contributed by atoms with Crippen LogP contribution in [0.1, 0.15) is 53.7 Å². The fraction of sp³-hybridized carbons (Fsp3) is 0.429. The Kier molecular flexibility index (Phi) is 5.74. The van der Waals surface area contributed by atoms with E-state index in [9.17, 15) is 14.4 Å². The molecule has 1 saturated heterocycles. The van der Waals surface area contributed by atoms with Crippen LogP contribution in [0.25, 0.3) is 10.9 Å². The Hall–Kier alpha value is -3.68. The second kappa shape index (κ2) is 9.08. The summed E-state index contributed by atoms with van der Waals surface area (Å²) in [6.45, 7) is 3.24. The van der Waals surface area contributed by atoms with Crippen LogP contribution in [0.2, 0.25) is 0 Å². The van der Waals surface area contributed by atoms with Gasteiger partial charge in [0.2, 0.25) is 11.8 Å². The third-order valence-electron chi connectivity index (χ3n) is 8.22. The van der Waals surface area contributed by atoms with E-state index in [1.165, 1.54) is 0 Å². The van der Waals surface area contributed by atoms with Crippen LogP contribution in [0, 0.1) is 24.7 Å². The molecule has 1 saturated carbocycles. The summed E-state index contributed by atoms with van der Waals surface area (Å²) in [5.74, 6) is 0.290. The van der Waals surface area contributed by atoms with Crippen molar-refractivity contribution in [2.45, 2.75) is 45.4 Å². The van der Waals surface area contributed by atoms with Crippen LogP contribution in [-0.2, 0) is 16.0 Å². The standard InChI is InChI=1S/C28H31N5O3/c1-16-5-2-9-21-25(16)31-32-26(21)28(36)33-14-18-7-3-8-20(22(18)15-33)27(35)29-19-12-11-17-6-4-10-24(34)30-23(17)13-19/h2,5,9,11-13,18,20,22H,3-4,6-8,10,14-15H2,1H3,(H,29,35)(H,30,34)(H,31,32)/t18-,20-,22+/m1/s1. The van der Waals surface area contributed by atoms with Gasteiger partial charge in [0.25, 0.3) is 5.91 Å². The van der Waals surface area contributed by atoms with E-state index in [2.05, 4.69) is 20.8 Å². The van der Waals surface area contributed by atoms with Crippen LogP contribution in [0.3, 0.4) is 0 Å². The lowest BCUT2D eigenvalue weighted by molar-refractivity contribution is -0.123. The molecule has 0 radical (unpaired) electrons. The maximum Gasteiger partial charge on any atom is 0.272 e. The number of anilines is 2. The number of nitrogens with one attached hydrogen (secondary N) is 3. The summed E-state index contributed by atoms with van der Waals surface area (Å²) in [6, 6.07) is 11.6. The molecule has 1 aromatic heterocycles. The van der Waals surface area contributed by atoms with E-state index in [1.54, 1.807) is 0 Å². The zero-order chi connectivity index (χ0) is 24.8. The minimum absolute atomic E-state index is 0.00140. The molecule has 3 aromatic rings. The highest BCUT2D eigenvalue weighted by atomic mass is 16.2. The predicted octanol–water partition coefficient (Wildman–Crippen LogP) is 4.27. The van der Waals surface area contributed by atoms with Gasteiger partial charge >= 0.3 is 0 Å². The molecular formula is C28H31N5O3. The van der Waals surface area contributed by atoms with Crippen LogP contribution in [0.15, 0.2) is 36.4 Å². The van der Waals surface area contributed by atoms with Crippen molar-refractivity contribution in [2.75, 3.05) is 23.7 Å². The third kappa shape index (κ3) is 4.04. The second-order valence-corrected chi connectivity index (χ2v) is 10.5. The third-order valence-corrected chi connectivity index (χ3v) is 8.22. The van der Waals surface area contributed by atoms with E-state index in [0.717, 1.165) is 59.8 Å². The molecule has 2 aliphatic heterocycles. The number of H-pyrrole nitrogens is 1. The Labute approximate surface area is 209 Å². The summed E-state index contributed by atoms with van der Waals surface area (Å²) in [5, 5.41) is 14.2. The molecule has 0 unspecified atom stereocenters. The molecule has 3 atom stereocenters. The van der Waals surface area contributed by atoms with E-state index in [-0.39, 0.29) is 29.6 Å². The highest BCUT2D eigenvalue weighted by molar-refractivity contribution is 6.05. The van der Waals surface area contributed by atoms with Crippen LogP contribution in [0.4, 0.5) is 11.4 Å². The van der Waals surface area contributed by atoms with E-state index in [1.807, 2.05) is 48.2 Å². The van der Waals surface area contributed by atoms with Crippen molar-refractivity contribution < 1.29 is 14.4 Å². The Balaban J connectivity index is 1.18. The number of hydrogen-bond donors (Lipinski definition) is 3. The van der Waals surface area contributed by atoms with Crippen LogP contribution >= 0.6 is 0 Å². The van der Waals surface area contributed by atoms with Gasteiger partial charge in [0.1, 0.15) is 5.69 Å². The number of carbonyl (C=O) groups excluding carboxylic acids is 3. The number of benzene rings is 2. The summed E-state index contributed by atoms with van der Waals surface area (Å²) < 4.78 is 0. The summed E-state index contributed by atoms with van der Waals surface area (Å²) in [4.78, 5) is 40.7. The van der Waals surface area contributed by atoms with Crippen LogP contribution in [0.5, 0.6) is 0 Å². The highest BCUT2D eigenvalue weighted by Crippen LogP contribution is 2.41. The molecule has 8 heteroatoms. The summed E-state index contributed by atoms with van der Waals surface area (Å²) in [5.41, 5.74) is 4.98. The monoisotopic (exact) mass is 485 g/mol. The number of aromatic amines is 1. The molecule has 3 amide bonds. The Morgan fingerprint density at radius 3 is 2.86 bits per heavy atom. The topological polar surface area (TPSA) is 107 Å². The maximum atomic E-state index is 13.5. The van der Waals surface area contributed by atoms with Gasteiger partial charge in [-0.3, -0.25) is 19.5 Å². The first kappa shape index (κ1) is 22.8. The molecule has 2 aromatic carbocycles.